The van der Waals surface area contributed by atoms with Crippen LogP contribution in [0.4, 0.5) is 5.69 Å². The van der Waals surface area contributed by atoms with E-state index in [2.05, 4.69) is 15.4 Å². The van der Waals surface area contributed by atoms with Crippen molar-refractivity contribution < 1.29 is 14.3 Å². The molecule has 0 atom stereocenters. The number of halogens is 2. The molecule has 0 fully saturated rings. The molecular weight excluding hydrogens is 415 g/mol. The number of esters is 1. The molecule has 0 saturated heterocycles. The number of aromatic nitrogens is 3. The van der Waals surface area contributed by atoms with E-state index in [0.29, 0.717) is 27.2 Å². The van der Waals surface area contributed by atoms with Crippen LogP contribution in [0.2, 0.25) is 10.0 Å². The van der Waals surface area contributed by atoms with Gasteiger partial charge in [0.25, 0.3) is 5.91 Å². The zero-order valence-corrected chi connectivity index (χ0v) is 17.2. The number of ether oxygens (including phenoxy) is 1. The maximum absolute atomic E-state index is 12.6. The topological polar surface area (TPSA) is 86.1 Å². The Labute approximate surface area is 177 Å². The van der Waals surface area contributed by atoms with E-state index in [1.54, 1.807) is 35.1 Å². The summed E-state index contributed by atoms with van der Waals surface area (Å²) in [4.78, 5) is 29.0. The Morgan fingerprint density at radius 3 is 2.69 bits per heavy atom. The van der Waals surface area contributed by atoms with Gasteiger partial charge in [-0.25, -0.2) is 14.5 Å². The highest BCUT2D eigenvalue weighted by Crippen LogP contribution is 2.26. The van der Waals surface area contributed by atoms with E-state index in [-0.39, 0.29) is 11.5 Å². The molecule has 0 saturated carbocycles. The van der Waals surface area contributed by atoms with Gasteiger partial charge in [0.15, 0.2) is 12.4 Å². The van der Waals surface area contributed by atoms with E-state index in [1.807, 2.05) is 19.9 Å². The Balaban J connectivity index is 1.72. The summed E-state index contributed by atoms with van der Waals surface area (Å²) in [5, 5.41) is 7.58. The largest absolute Gasteiger partial charge is 0.452 e. The van der Waals surface area contributed by atoms with Crippen LogP contribution in [-0.4, -0.2) is 33.2 Å². The van der Waals surface area contributed by atoms with Crippen LogP contribution in [0.15, 0.2) is 48.8 Å². The van der Waals surface area contributed by atoms with Crippen molar-refractivity contribution in [2.45, 2.75) is 19.8 Å². The number of hydrogen-bond acceptors (Lipinski definition) is 5. The van der Waals surface area contributed by atoms with Gasteiger partial charge in [0, 0.05) is 11.2 Å². The third kappa shape index (κ3) is 4.93. The van der Waals surface area contributed by atoms with Crippen LogP contribution < -0.4 is 5.32 Å². The summed E-state index contributed by atoms with van der Waals surface area (Å²) in [5.74, 6) is -0.626. The summed E-state index contributed by atoms with van der Waals surface area (Å²) in [6.07, 6.45) is 3.06. The van der Waals surface area contributed by atoms with E-state index in [4.69, 9.17) is 27.9 Å². The molecule has 3 rings (SSSR count). The molecule has 0 radical (unpaired) electrons. The van der Waals surface area contributed by atoms with Gasteiger partial charge in [-0.05, 0) is 36.2 Å². The number of rotatable bonds is 6. The Bertz CT molecular complexity index is 1040. The minimum Gasteiger partial charge on any atom is -0.452 e. The van der Waals surface area contributed by atoms with Gasteiger partial charge >= 0.3 is 5.97 Å². The number of hydrogen-bond donors (Lipinski definition) is 1. The smallest absolute Gasteiger partial charge is 0.342 e. The first-order valence-electron chi connectivity index (χ1n) is 8.78. The normalized spacial score (nSPS) is 10.8. The van der Waals surface area contributed by atoms with Crippen molar-refractivity contribution in [1.82, 2.24) is 14.8 Å². The quantitative estimate of drug-likeness (QED) is 0.579. The third-order valence-electron chi connectivity index (χ3n) is 3.98. The van der Waals surface area contributed by atoms with Crippen molar-refractivity contribution in [3.8, 4) is 5.82 Å². The minimum atomic E-state index is -0.650. The Morgan fingerprint density at radius 2 is 2.00 bits per heavy atom. The SMILES string of the molecule is CC(C)c1c(C(=O)OCC(=O)Nc2cc(Cl)ccc2Cl)cnn1-c1ccccn1. The van der Waals surface area contributed by atoms with E-state index < -0.39 is 18.5 Å². The lowest BCUT2D eigenvalue weighted by Gasteiger charge is -2.12. The Kier molecular flexibility index (Phi) is 6.51. The molecule has 1 aromatic carbocycles. The minimum absolute atomic E-state index is 0.0267. The fourth-order valence-corrected chi connectivity index (χ4v) is 3.06. The average molecular weight is 433 g/mol. The second-order valence-electron chi connectivity index (χ2n) is 6.45. The molecular formula is C20H18Cl2N4O3. The summed E-state index contributed by atoms with van der Waals surface area (Å²) in [7, 11) is 0. The number of anilines is 1. The van der Waals surface area contributed by atoms with Gasteiger partial charge in [-0.2, -0.15) is 5.10 Å². The molecule has 3 aromatic rings. The fourth-order valence-electron chi connectivity index (χ4n) is 2.72. The van der Waals surface area contributed by atoms with Crippen LogP contribution in [0.1, 0.15) is 35.8 Å². The van der Waals surface area contributed by atoms with Crippen molar-refractivity contribution in [1.29, 1.82) is 0 Å². The van der Waals surface area contributed by atoms with Crippen LogP contribution in [-0.2, 0) is 9.53 Å². The number of amides is 1. The van der Waals surface area contributed by atoms with Crippen LogP contribution in [0.5, 0.6) is 0 Å². The van der Waals surface area contributed by atoms with Gasteiger partial charge in [0.1, 0.15) is 5.56 Å². The number of pyridine rings is 1. The van der Waals surface area contributed by atoms with Crippen LogP contribution in [0, 0.1) is 0 Å². The maximum atomic E-state index is 12.6. The van der Waals surface area contributed by atoms with Gasteiger partial charge in [-0.1, -0.05) is 43.1 Å². The summed E-state index contributed by atoms with van der Waals surface area (Å²) >= 11 is 11.9. The highest BCUT2D eigenvalue weighted by Gasteiger charge is 2.23. The van der Waals surface area contributed by atoms with Crippen LogP contribution in [0.3, 0.4) is 0 Å². The first-order valence-corrected chi connectivity index (χ1v) is 9.53. The standard InChI is InChI=1S/C20H18Cl2N4O3/c1-12(2)19-14(10-24-26(19)17-5-3-4-8-23-17)20(28)29-11-18(27)25-16-9-13(21)6-7-15(16)22/h3-10,12H,11H2,1-2H3,(H,25,27). The predicted octanol–water partition coefficient (Wildman–Crippen LogP) is 4.49. The van der Waals surface area contributed by atoms with Crippen molar-refractivity contribution in [3.63, 3.8) is 0 Å². The molecule has 0 aliphatic rings. The molecule has 7 nitrogen and oxygen atoms in total. The number of nitrogens with zero attached hydrogens (tertiary/aromatic N) is 3. The molecule has 0 bridgehead atoms. The average Bonchev–Trinajstić information content (AvgIpc) is 3.15. The summed E-state index contributed by atoms with van der Waals surface area (Å²) in [6, 6.07) is 10.1. The maximum Gasteiger partial charge on any atom is 0.342 e. The molecule has 1 amide bonds. The second kappa shape index (κ2) is 9.07. The highest BCUT2D eigenvalue weighted by atomic mass is 35.5. The first kappa shape index (κ1) is 20.8. The van der Waals surface area contributed by atoms with Crippen molar-refractivity contribution in [2.24, 2.45) is 0 Å². The predicted molar refractivity (Wildman–Crippen MR) is 111 cm³/mol. The van der Waals surface area contributed by atoms with E-state index in [9.17, 15) is 9.59 Å². The fraction of sp³-hybridized carbons (Fsp3) is 0.200. The summed E-state index contributed by atoms with van der Waals surface area (Å²) in [5.41, 5.74) is 1.26. The number of nitrogens with one attached hydrogen (secondary N) is 1. The van der Waals surface area contributed by atoms with Crippen molar-refractivity contribution >= 4 is 40.8 Å². The first-order chi connectivity index (χ1) is 13.9. The lowest BCUT2D eigenvalue weighted by atomic mass is 10.1. The molecule has 1 N–H and O–H groups in total. The zero-order valence-electron chi connectivity index (χ0n) is 15.7. The number of carbonyl (C=O) groups excluding carboxylic acids is 2. The third-order valence-corrected chi connectivity index (χ3v) is 4.54. The Hall–Kier alpha value is -2.90. The summed E-state index contributed by atoms with van der Waals surface area (Å²) in [6.45, 7) is 3.39. The van der Waals surface area contributed by atoms with E-state index in [1.165, 1.54) is 12.3 Å². The second-order valence-corrected chi connectivity index (χ2v) is 7.29. The molecule has 0 spiro atoms. The number of benzene rings is 1. The van der Waals surface area contributed by atoms with Gasteiger partial charge in [-0.15, -0.1) is 0 Å². The molecule has 0 aliphatic heterocycles. The van der Waals surface area contributed by atoms with Crippen LogP contribution >= 0.6 is 23.2 Å². The number of carbonyl (C=O) groups is 2. The molecule has 2 heterocycles. The van der Waals surface area contributed by atoms with Gasteiger partial charge in [0.05, 0.1) is 22.6 Å². The van der Waals surface area contributed by atoms with E-state index >= 15 is 0 Å². The molecule has 0 unspecified atom stereocenters. The molecule has 9 heteroatoms. The zero-order chi connectivity index (χ0) is 21.0. The lowest BCUT2D eigenvalue weighted by molar-refractivity contribution is -0.119. The van der Waals surface area contributed by atoms with E-state index in [0.717, 1.165) is 0 Å². The lowest BCUT2D eigenvalue weighted by Crippen LogP contribution is -2.21. The van der Waals surface area contributed by atoms with Gasteiger partial charge < -0.3 is 10.1 Å². The summed E-state index contributed by atoms with van der Waals surface area (Å²) < 4.78 is 6.76. The van der Waals surface area contributed by atoms with Crippen molar-refractivity contribution in [3.05, 3.63) is 70.1 Å². The molecule has 0 aliphatic carbocycles. The molecule has 29 heavy (non-hydrogen) atoms. The molecule has 150 valence electrons. The van der Waals surface area contributed by atoms with Crippen molar-refractivity contribution in [2.75, 3.05) is 11.9 Å². The Morgan fingerprint density at radius 1 is 1.21 bits per heavy atom. The highest BCUT2D eigenvalue weighted by molar-refractivity contribution is 6.35. The van der Waals surface area contributed by atoms with Gasteiger partial charge in [-0.3, -0.25) is 4.79 Å². The molecule has 2 aromatic heterocycles. The van der Waals surface area contributed by atoms with Gasteiger partial charge in [0.2, 0.25) is 0 Å². The monoisotopic (exact) mass is 432 g/mol. The van der Waals surface area contributed by atoms with Crippen LogP contribution in [0.25, 0.3) is 5.82 Å².